The van der Waals surface area contributed by atoms with Gasteiger partial charge in [-0.2, -0.15) is 13.2 Å². The minimum Gasteiger partial charge on any atom is -0.473 e. The van der Waals surface area contributed by atoms with Crippen LogP contribution in [-0.2, 0) is 6.18 Å². The van der Waals surface area contributed by atoms with Crippen LogP contribution in [0.4, 0.5) is 13.2 Å². The number of amides is 1. The number of carbonyl (C=O) groups excluding carboxylic acids is 1. The van der Waals surface area contributed by atoms with Crippen molar-refractivity contribution in [2.24, 2.45) is 0 Å². The van der Waals surface area contributed by atoms with Gasteiger partial charge in [0.1, 0.15) is 6.10 Å². The Hall–Kier alpha value is -2.64. The van der Waals surface area contributed by atoms with Crippen molar-refractivity contribution in [2.75, 3.05) is 0 Å². The topological polar surface area (TPSA) is 64.1 Å². The van der Waals surface area contributed by atoms with Crippen molar-refractivity contribution in [2.45, 2.75) is 44.0 Å². The lowest BCUT2D eigenvalue weighted by Gasteiger charge is -2.29. The summed E-state index contributed by atoms with van der Waals surface area (Å²) in [6, 6.07) is 4.36. The number of aromatic nitrogens is 2. The van der Waals surface area contributed by atoms with Crippen LogP contribution in [0.3, 0.4) is 0 Å². The highest BCUT2D eigenvalue weighted by Crippen LogP contribution is 2.29. The van der Waals surface area contributed by atoms with E-state index in [4.69, 9.17) is 4.74 Å². The molecule has 2 aromatic rings. The van der Waals surface area contributed by atoms with E-state index in [2.05, 4.69) is 15.3 Å². The molecule has 8 heteroatoms. The van der Waals surface area contributed by atoms with E-state index >= 15 is 0 Å². The second kappa shape index (κ2) is 7.72. The van der Waals surface area contributed by atoms with Gasteiger partial charge in [0.2, 0.25) is 5.88 Å². The quantitative estimate of drug-likeness (QED) is 0.899. The van der Waals surface area contributed by atoms with Crippen molar-refractivity contribution in [1.82, 2.24) is 15.3 Å². The van der Waals surface area contributed by atoms with Crippen LogP contribution in [0.1, 0.15) is 41.6 Å². The predicted molar refractivity (Wildman–Crippen MR) is 87.6 cm³/mol. The molecule has 1 aromatic carbocycles. The molecule has 26 heavy (non-hydrogen) atoms. The molecule has 1 aliphatic carbocycles. The maximum absolute atomic E-state index is 12.8. The first-order valence-electron chi connectivity index (χ1n) is 8.32. The molecule has 0 spiro atoms. The SMILES string of the molecule is O=C(NC1CCC(Oc2cnccn2)CC1)c1cccc(C(F)(F)F)c1. The highest BCUT2D eigenvalue weighted by molar-refractivity contribution is 5.94. The summed E-state index contributed by atoms with van der Waals surface area (Å²) < 4.78 is 44.0. The summed E-state index contributed by atoms with van der Waals surface area (Å²) in [5, 5.41) is 2.81. The molecule has 0 saturated heterocycles. The predicted octanol–water partition coefficient (Wildman–Crippen LogP) is 3.62. The Labute approximate surface area is 148 Å². The third kappa shape index (κ3) is 4.71. The van der Waals surface area contributed by atoms with Crippen LogP contribution in [0, 0.1) is 0 Å². The number of alkyl halides is 3. The first-order valence-corrected chi connectivity index (χ1v) is 8.32. The van der Waals surface area contributed by atoms with Crippen LogP contribution in [0.2, 0.25) is 0 Å². The zero-order chi connectivity index (χ0) is 18.6. The average Bonchev–Trinajstić information content (AvgIpc) is 2.63. The van der Waals surface area contributed by atoms with Crippen molar-refractivity contribution in [3.05, 3.63) is 54.0 Å². The third-order valence-corrected chi connectivity index (χ3v) is 4.29. The van der Waals surface area contributed by atoms with Gasteiger partial charge in [-0.15, -0.1) is 0 Å². The van der Waals surface area contributed by atoms with Crippen molar-refractivity contribution in [1.29, 1.82) is 0 Å². The van der Waals surface area contributed by atoms with Gasteiger partial charge in [0.05, 0.1) is 11.8 Å². The fourth-order valence-corrected chi connectivity index (χ4v) is 2.95. The molecule has 1 fully saturated rings. The van der Waals surface area contributed by atoms with E-state index in [-0.39, 0.29) is 17.7 Å². The summed E-state index contributed by atoms with van der Waals surface area (Å²) in [7, 11) is 0. The van der Waals surface area contributed by atoms with Crippen molar-refractivity contribution in [3.63, 3.8) is 0 Å². The highest BCUT2D eigenvalue weighted by atomic mass is 19.4. The first-order chi connectivity index (χ1) is 12.4. The van der Waals surface area contributed by atoms with Crippen LogP contribution in [-0.4, -0.2) is 28.0 Å². The number of hydrogen-bond donors (Lipinski definition) is 1. The number of nitrogens with one attached hydrogen (secondary N) is 1. The second-order valence-corrected chi connectivity index (χ2v) is 6.19. The minimum absolute atomic E-state index is 0.00610. The summed E-state index contributed by atoms with van der Waals surface area (Å²) in [4.78, 5) is 20.2. The van der Waals surface area contributed by atoms with E-state index in [1.807, 2.05) is 0 Å². The normalized spacial score (nSPS) is 20.4. The van der Waals surface area contributed by atoms with Crippen LogP contribution in [0.25, 0.3) is 0 Å². The second-order valence-electron chi connectivity index (χ2n) is 6.19. The first kappa shape index (κ1) is 18.2. The summed E-state index contributed by atoms with van der Waals surface area (Å²) in [6.07, 6.45) is 3.02. The van der Waals surface area contributed by atoms with E-state index < -0.39 is 17.6 Å². The van der Waals surface area contributed by atoms with E-state index in [9.17, 15) is 18.0 Å². The maximum Gasteiger partial charge on any atom is 0.416 e. The highest BCUT2D eigenvalue weighted by Gasteiger charge is 2.31. The molecular formula is C18H18F3N3O2. The molecule has 0 atom stereocenters. The Morgan fingerprint density at radius 2 is 1.92 bits per heavy atom. The molecular weight excluding hydrogens is 347 g/mol. The number of ether oxygens (including phenoxy) is 1. The molecule has 1 heterocycles. The maximum atomic E-state index is 12.8. The molecule has 0 radical (unpaired) electrons. The summed E-state index contributed by atoms with van der Waals surface area (Å²) in [6.45, 7) is 0. The van der Waals surface area contributed by atoms with E-state index in [0.29, 0.717) is 18.7 Å². The Balaban J connectivity index is 1.52. The fraction of sp³-hybridized carbons (Fsp3) is 0.389. The van der Waals surface area contributed by atoms with Gasteiger partial charge in [-0.25, -0.2) is 4.98 Å². The Kier molecular flexibility index (Phi) is 5.39. The standard InChI is InChI=1S/C18H18F3N3O2/c19-18(20,21)13-3-1-2-12(10-13)17(25)24-14-4-6-15(7-5-14)26-16-11-22-8-9-23-16/h1-3,8-11,14-15H,4-7H2,(H,24,25). The monoisotopic (exact) mass is 365 g/mol. The van der Waals surface area contributed by atoms with Crippen molar-refractivity contribution >= 4 is 5.91 Å². The molecule has 3 rings (SSSR count). The molecule has 0 bridgehead atoms. The fourth-order valence-electron chi connectivity index (χ4n) is 2.95. The van der Waals surface area contributed by atoms with Gasteiger partial charge >= 0.3 is 6.18 Å². The van der Waals surface area contributed by atoms with Gasteiger partial charge in [-0.05, 0) is 43.9 Å². The lowest BCUT2D eigenvalue weighted by Crippen LogP contribution is -2.39. The number of halogens is 3. The molecule has 1 saturated carbocycles. The van der Waals surface area contributed by atoms with Crippen LogP contribution < -0.4 is 10.1 Å². The van der Waals surface area contributed by atoms with E-state index in [1.54, 1.807) is 18.6 Å². The van der Waals surface area contributed by atoms with Gasteiger partial charge in [-0.3, -0.25) is 9.78 Å². The molecule has 138 valence electrons. The summed E-state index contributed by atoms with van der Waals surface area (Å²) in [5.41, 5.74) is -0.816. The molecule has 5 nitrogen and oxygen atoms in total. The van der Waals surface area contributed by atoms with Crippen LogP contribution in [0.15, 0.2) is 42.9 Å². The van der Waals surface area contributed by atoms with E-state index in [0.717, 1.165) is 25.0 Å². The third-order valence-electron chi connectivity index (χ3n) is 4.29. The molecule has 0 unspecified atom stereocenters. The van der Waals surface area contributed by atoms with Gasteiger partial charge in [-0.1, -0.05) is 6.07 Å². The lowest BCUT2D eigenvalue weighted by molar-refractivity contribution is -0.137. The Bertz CT molecular complexity index is 745. The summed E-state index contributed by atoms with van der Waals surface area (Å²) in [5.74, 6) is -0.0293. The number of benzene rings is 1. The average molecular weight is 365 g/mol. The van der Waals surface area contributed by atoms with Gasteiger partial charge in [0.25, 0.3) is 5.91 Å². The van der Waals surface area contributed by atoms with Crippen molar-refractivity contribution in [3.8, 4) is 5.88 Å². The molecule has 1 aliphatic rings. The lowest BCUT2D eigenvalue weighted by atomic mass is 9.92. The molecule has 1 amide bonds. The smallest absolute Gasteiger partial charge is 0.416 e. The minimum atomic E-state index is -4.47. The zero-order valence-electron chi connectivity index (χ0n) is 13.9. The van der Waals surface area contributed by atoms with Crippen LogP contribution >= 0.6 is 0 Å². The Morgan fingerprint density at radius 3 is 2.58 bits per heavy atom. The summed E-state index contributed by atoms with van der Waals surface area (Å²) >= 11 is 0. The molecule has 1 N–H and O–H groups in total. The number of rotatable bonds is 4. The molecule has 1 aromatic heterocycles. The van der Waals surface area contributed by atoms with Gasteiger partial charge in [0, 0.05) is 24.0 Å². The number of carbonyl (C=O) groups is 1. The van der Waals surface area contributed by atoms with E-state index in [1.165, 1.54) is 12.1 Å². The number of nitrogens with zero attached hydrogens (tertiary/aromatic N) is 2. The number of hydrogen-bond acceptors (Lipinski definition) is 4. The molecule has 0 aliphatic heterocycles. The van der Waals surface area contributed by atoms with Gasteiger partial charge in [0.15, 0.2) is 0 Å². The Morgan fingerprint density at radius 1 is 1.15 bits per heavy atom. The zero-order valence-corrected chi connectivity index (χ0v) is 13.9. The van der Waals surface area contributed by atoms with Crippen molar-refractivity contribution < 1.29 is 22.7 Å². The van der Waals surface area contributed by atoms with Crippen LogP contribution in [0.5, 0.6) is 5.88 Å². The largest absolute Gasteiger partial charge is 0.473 e. The van der Waals surface area contributed by atoms with Gasteiger partial charge < -0.3 is 10.1 Å².